The van der Waals surface area contributed by atoms with Crippen molar-refractivity contribution in [3.63, 3.8) is 0 Å². The van der Waals surface area contributed by atoms with E-state index < -0.39 is 29.6 Å². The summed E-state index contributed by atoms with van der Waals surface area (Å²) in [4.78, 5) is 0. The molecule has 1 fully saturated rings. The predicted octanol–water partition coefficient (Wildman–Crippen LogP) is 3.04. The molecule has 0 radical (unpaired) electrons. The Morgan fingerprint density at radius 2 is 1.74 bits per heavy atom. The lowest BCUT2D eigenvalue weighted by Crippen LogP contribution is -2.35. The quantitative estimate of drug-likeness (QED) is 0.831. The Hall–Kier alpha value is -1.07. The van der Waals surface area contributed by atoms with Crippen LogP contribution in [0.5, 0.6) is 0 Å². The van der Waals surface area contributed by atoms with Gasteiger partial charge in [-0.2, -0.15) is 0 Å². The van der Waals surface area contributed by atoms with Gasteiger partial charge in [0, 0.05) is 11.6 Å². The molecule has 1 aromatic rings. The number of aliphatic hydroxyl groups excluding tert-OH is 1. The van der Waals surface area contributed by atoms with E-state index in [9.17, 15) is 18.3 Å². The molecular weight excluding hydrogens is 255 g/mol. The summed E-state index contributed by atoms with van der Waals surface area (Å²) in [6.45, 7) is 0. The molecule has 0 spiro atoms. The molecule has 0 aliphatic heterocycles. The number of aliphatic hydroxyl groups is 1. The summed E-state index contributed by atoms with van der Waals surface area (Å²) in [6.07, 6.45) is 3.75. The van der Waals surface area contributed by atoms with Crippen molar-refractivity contribution in [2.24, 2.45) is 11.7 Å². The molecule has 2 nitrogen and oxygen atoms in total. The van der Waals surface area contributed by atoms with Gasteiger partial charge >= 0.3 is 0 Å². The molecule has 2 atom stereocenters. The summed E-state index contributed by atoms with van der Waals surface area (Å²) in [5.41, 5.74) is 5.49. The maximum atomic E-state index is 13.6. The minimum atomic E-state index is -1.28. The number of benzene rings is 1. The van der Waals surface area contributed by atoms with Crippen LogP contribution in [0.25, 0.3) is 0 Å². The SMILES string of the molecule is N[C@H](c1cc(F)cc(F)c1F)[C@@H](O)C1CCCCC1. The average molecular weight is 273 g/mol. The van der Waals surface area contributed by atoms with Crippen molar-refractivity contribution >= 4 is 0 Å². The van der Waals surface area contributed by atoms with Crippen LogP contribution in [0.1, 0.15) is 43.7 Å². The van der Waals surface area contributed by atoms with Crippen LogP contribution in [0.2, 0.25) is 0 Å². The van der Waals surface area contributed by atoms with Crippen molar-refractivity contribution in [2.45, 2.75) is 44.2 Å². The van der Waals surface area contributed by atoms with Crippen molar-refractivity contribution in [3.05, 3.63) is 35.1 Å². The Morgan fingerprint density at radius 1 is 1.11 bits per heavy atom. The second kappa shape index (κ2) is 5.92. The monoisotopic (exact) mass is 273 g/mol. The molecule has 0 bridgehead atoms. The van der Waals surface area contributed by atoms with Gasteiger partial charge in [-0.25, -0.2) is 13.2 Å². The summed E-state index contributed by atoms with van der Waals surface area (Å²) in [7, 11) is 0. The highest BCUT2D eigenvalue weighted by Gasteiger charge is 2.30. The normalized spacial score (nSPS) is 20.3. The molecule has 19 heavy (non-hydrogen) atoms. The highest BCUT2D eigenvalue weighted by Crippen LogP contribution is 2.32. The van der Waals surface area contributed by atoms with Gasteiger partial charge in [0.1, 0.15) is 5.82 Å². The van der Waals surface area contributed by atoms with Gasteiger partial charge in [0.15, 0.2) is 11.6 Å². The maximum absolute atomic E-state index is 13.6. The minimum absolute atomic E-state index is 0.0329. The van der Waals surface area contributed by atoms with Crippen LogP contribution in [-0.4, -0.2) is 11.2 Å². The fourth-order valence-corrected chi connectivity index (χ4v) is 2.77. The number of nitrogens with two attached hydrogens (primary N) is 1. The van der Waals surface area contributed by atoms with E-state index in [1.165, 1.54) is 0 Å². The molecule has 2 rings (SSSR count). The Bertz CT molecular complexity index is 447. The molecule has 1 aliphatic carbocycles. The van der Waals surface area contributed by atoms with Crippen LogP contribution in [0.15, 0.2) is 12.1 Å². The first kappa shape index (κ1) is 14.3. The van der Waals surface area contributed by atoms with Gasteiger partial charge in [-0.05, 0) is 24.8 Å². The summed E-state index contributed by atoms with van der Waals surface area (Å²) in [5.74, 6) is -3.38. The molecule has 0 saturated heterocycles. The van der Waals surface area contributed by atoms with Crippen LogP contribution >= 0.6 is 0 Å². The van der Waals surface area contributed by atoms with Gasteiger partial charge in [0.25, 0.3) is 0 Å². The molecule has 0 heterocycles. The first-order valence-electron chi connectivity index (χ1n) is 6.59. The zero-order valence-electron chi connectivity index (χ0n) is 10.6. The Morgan fingerprint density at radius 3 is 2.37 bits per heavy atom. The Balaban J connectivity index is 2.20. The Kier molecular flexibility index (Phi) is 4.47. The minimum Gasteiger partial charge on any atom is -0.391 e. The summed E-state index contributed by atoms with van der Waals surface area (Å²) in [6, 6.07) is 0.224. The lowest BCUT2D eigenvalue weighted by atomic mass is 9.81. The van der Waals surface area contributed by atoms with E-state index in [0.717, 1.165) is 38.2 Å². The van der Waals surface area contributed by atoms with E-state index in [-0.39, 0.29) is 11.5 Å². The summed E-state index contributed by atoms with van der Waals surface area (Å²) >= 11 is 0. The van der Waals surface area contributed by atoms with Crippen LogP contribution in [-0.2, 0) is 0 Å². The molecule has 3 N–H and O–H groups in total. The zero-order valence-corrected chi connectivity index (χ0v) is 10.6. The van der Waals surface area contributed by atoms with Crippen molar-refractivity contribution in [3.8, 4) is 0 Å². The molecular formula is C14H18F3NO. The molecule has 0 amide bonds. The van der Waals surface area contributed by atoms with E-state index in [0.29, 0.717) is 6.07 Å². The number of hydrogen-bond acceptors (Lipinski definition) is 2. The highest BCUT2D eigenvalue weighted by atomic mass is 19.2. The fourth-order valence-electron chi connectivity index (χ4n) is 2.77. The molecule has 0 unspecified atom stereocenters. The lowest BCUT2D eigenvalue weighted by Gasteiger charge is -2.30. The fraction of sp³-hybridized carbons (Fsp3) is 0.571. The standard InChI is InChI=1S/C14H18F3NO/c15-9-6-10(12(17)11(16)7-9)13(18)14(19)8-4-2-1-3-5-8/h6-8,13-14,19H,1-5,18H2/t13-,14+/m1/s1. The molecule has 0 aromatic heterocycles. The summed E-state index contributed by atoms with van der Waals surface area (Å²) in [5, 5.41) is 10.2. The van der Waals surface area contributed by atoms with Gasteiger partial charge in [-0.3, -0.25) is 0 Å². The highest BCUT2D eigenvalue weighted by molar-refractivity contribution is 5.24. The van der Waals surface area contributed by atoms with Crippen LogP contribution in [0, 0.1) is 23.4 Å². The van der Waals surface area contributed by atoms with E-state index in [1.807, 2.05) is 0 Å². The van der Waals surface area contributed by atoms with Crippen molar-refractivity contribution in [1.82, 2.24) is 0 Å². The van der Waals surface area contributed by atoms with E-state index in [4.69, 9.17) is 5.73 Å². The lowest BCUT2D eigenvalue weighted by molar-refractivity contribution is 0.0605. The predicted molar refractivity (Wildman–Crippen MR) is 65.8 cm³/mol. The van der Waals surface area contributed by atoms with E-state index in [1.54, 1.807) is 0 Å². The van der Waals surface area contributed by atoms with Crippen LogP contribution < -0.4 is 5.73 Å². The number of hydrogen-bond donors (Lipinski definition) is 2. The van der Waals surface area contributed by atoms with Crippen molar-refractivity contribution in [2.75, 3.05) is 0 Å². The maximum Gasteiger partial charge on any atom is 0.163 e. The second-order valence-electron chi connectivity index (χ2n) is 5.21. The molecule has 106 valence electrons. The average Bonchev–Trinajstić information content (AvgIpc) is 2.42. The topological polar surface area (TPSA) is 46.2 Å². The van der Waals surface area contributed by atoms with Gasteiger partial charge in [-0.15, -0.1) is 0 Å². The first-order valence-corrected chi connectivity index (χ1v) is 6.59. The Labute approximate surface area is 110 Å². The van der Waals surface area contributed by atoms with Gasteiger partial charge in [-0.1, -0.05) is 19.3 Å². The van der Waals surface area contributed by atoms with Gasteiger partial charge in [0.05, 0.1) is 12.1 Å². The largest absolute Gasteiger partial charge is 0.391 e. The molecule has 1 aliphatic rings. The van der Waals surface area contributed by atoms with E-state index in [2.05, 4.69) is 0 Å². The zero-order chi connectivity index (χ0) is 14.0. The first-order chi connectivity index (χ1) is 9.00. The van der Waals surface area contributed by atoms with Crippen LogP contribution in [0.4, 0.5) is 13.2 Å². The molecule has 1 aromatic carbocycles. The smallest absolute Gasteiger partial charge is 0.163 e. The van der Waals surface area contributed by atoms with E-state index >= 15 is 0 Å². The van der Waals surface area contributed by atoms with Crippen molar-refractivity contribution < 1.29 is 18.3 Å². The third-order valence-corrected chi connectivity index (χ3v) is 3.88. The third-order valence-electron chi connectivity index (χ3n) is 3.88. The number of rotatable bonds is 3. The van der Waals surface area contributed by atoms with Gasteiger partial charge < -0.3 is 10.8 Å². The van der Waals surface area contributed by atoms with Gasteiger partial charge in [0.2, 0.25) is 0 Å². The number of halogens is 3. The van der Waals surface area contributed by atoms with Crippen molar-refractivity contribution in [1.29, 1.82) is 0 Å². The van der Waals surface area contributed by atoms with Crippen LogP contribution in [0.3, 0.4) is 0 Å². The second-order valence-corrected chi connectivity index (χ2v) is 5.21. The summed E-state index contributed by atoms with van der Waals surface area (Å²) < 4.78 is 39.9. The molecule has 1 saturated carbocycles. The third kappa shape index (κ3) is 3.09. The molecule has 5 heteroatoms.